The number of fused-ring (bicyclic) bond motifs is 1. The van der Waals surface area contributed by atoms with E-state index in [1.807, 2.05) is 25.1 Å². The largest absolute Gasteiger partial charge is 0.384 e. The maximum Gasteiger partial charge on any atom is 0.252 e. The van der Waals surface area contributed by atoms with Crippen LogP contribution in [0.5, 0.6) is 0 Å². The van der Waals surface area contributed by atoms with Gasteiger partial charge in [-0.15, -0.1) is 11.3 Å². The number of hydrogen-bond acceptors (Lipinski definition) is 4. The van der Waals surface area contributed by atoms with Crippen LogP contribution in [0, 0.1) is 6.92 Å². The van der Waals surface area contributed by atoms with Crippen LogP contribution in [0.25, 0.3) is 21.5 Å². The van der Waals surface area contributed by atoms with Crippen LogP contribution in [0.3, 0.4) is 0 Å². The number of thiophene rings is 1. The highest BCUT2D eigenvalue weighted by molar-refractivity contribution is 7.15. The fourth-order valence-electron chi connectivity index (χ4n) is 3.11. The van der Waals surface area contributed by atoms with Gasteiger partial charge in [0, 0.05) is 50.6 Å². The van der Waals surface area contributed by atoms with E-state index in [4.69, 9.17) is 11.6 Å². The van der Waals surface area contributed by atoms with Crippen molar-refractivity contribution in [2.75, 3.05) is 0 Å². The van der Waals surface area contributed by atoms with E-state index in [0.717, 1.165) is 21.4 Å². The van der Waals surface area contributed by atoms with Crippen molar-refractivity contribution in [1.29, 1.82) is 0 Å². The quantitative estimate of drug-likeness (QED) is 0.545. The zero-order valence-corrected chi connectivity index (χ0v) is 16.4. The summed E-state index contributed by atoms with van der Waals surface area (Å²) >= 11 is 7.57. The molecule has 1 atom stereocenters. The minimum atomic E-state index is -0.825. The molecule has 4 nitrogen and oxygen atoms in total. The second-order valence-electron chi connectivity index (χ2n) is 6.46. The van der Waals surface area contributed by atoms with Gasteiger partial charge in [-0.25, -0.2) is 4.98 Å². The van der Waals surface area contributed by atoms with Gasteiger partial charge in [-0.05, 0) is 42.8 Å². The Morgan fingerprint density at radius 2 is 1.85 bits per heavy atom. The summed E-state index contributed by atoms with van der Waals surface area (Å²) < 4.78 is 1.53. The van der Waals surface area contributed by atoms with E-state index in [0.29, 0.717) is 16.2 Å². The summed E-state index contributed by atoms with van der Waals surface area (Å²) in [6.45, 7) is 2.03. The van der Waals surface area contributed by atoms with Gasteiger partial charge >= 0.3 is 0 Å². The van der Waals surface area contributed by atoms with Crippen LogP contribution in [0.15, 0.2) is 59.5 Å². The highest BCUT2D eigenvalue weighted by Crippen LogP contribution is 2.33. The first kappa shape index (κ1) is 17.9. The van der Waals surface area contributed by atoms with E-state index >= 15 is 0 Å². The number of benzene rings is 1. The third-order valence-corrected chi connectivity index (χ3v) is 5.89. The topological polar surface area (TPSA) is 55.1 Å². The van der Waals surface area contributed by atoms with Gasteiger partial charge in [-0.3, -0.25) is 9.36 Å². The van der Waals surface area contributed by atoms with Gasteiger partial charge in [-0.2, -0.15) is 0 Å². The SMILES string of the molecule is Cc1ccc(-c2cc(=O)n(C)c3ncc(C(O)c4ccc(Cl)cc4)cc23)s1. The van der Waals surface area contributed by atoms with Gasteiger partial charge < -0.3 is 5.11 Å². The lowest BCUT2D eigenvalue weighted by Gasteiger charge is -2.14. The van der Waals surface area contributed by atoms with E-state index in [1.165, 1.54) is 9.44 Å². The molecule has 0 bridgehead atoms. The number of aliphatic hydroxyl groups is 1. The summed E-state index contributed by atoms with van der Waals surface area (Å²) in [7, 11) is 1.70. The number of aliphatic hydroxyl groups excluding tert-OH is 1. The second kappa shape index (κ2) is 6.93. The number of aryl methyl sites for hydroxylation is 2. The average molecular weight is 397 g/mol. The van der Waals surface area contributed by atoms with Crippen molar-refractivity contribution in [3.05, 3.63) is 86.1 Å². The van der Waals surface area contributed by atoms with Crippen LogP contribution in [-0.2, 0) is 7.05 Å². The van der Waals surface area contributed by atoms with E-state index in [9.17, 15) is 9.90 Å². The number of rotatable bonds is 3. The Morgan fingerprint density at radius 3 is 2.52 bits per heavy atom. The Hall–Kier alpha value is -2.47. The zero-order chi connectivity index (χ0) is 19.1. The number of nitrogens with zero attached hydrogens (tertiary/aromatic N) is 2. The third kappa shape index (κ3) is 3.30. The molecule has 3 heterocycles. The van der Waals surface area contributed by atoms with Crippen molar-refractivity contribution in [3.8, 4) is 10.4 Å². The molecule has 3 aromatic heterocycles. The molecule has 0 fully saturated rings. The van der Waals surface area contributed by atoms with Gasteiger partial charge in [0.1, 0.15) is 11.8 Å². The Morgan fingerprint density at radius 1 is 1.11 bits per heavy atom. The van der Waals surface area contributed by atoms with Crippen LogP contribution in [0.2, 0.25) is 5.02 Å². The van der Waals surface area contributed by atoms with Crippen molar-refractivity contribution < 1.29 is 5.11 Å². The number of aromatic nitrogens is 2. The Balaban J connectivity index is 1.91. The Kier molecular flexibility index (Phi) is 4.60. The van der Waals surface area contributed by atoms with Gasteiger partial charge in [0.25, 0.3) is 5.56 Å². The molecule has 1 unspecified atom stereocenters. The summed E-state index contributed by atoms with van der Waals surface area (Å²) in [4.78, 5) is 19.0. The van der Waals surface area contributed by atoms with Crippen molar-refractivity contribution in [2.45, 2.75) is 13.0 Å². The van der Waals surface area contributed by atoms with Gasteiger partial charge in [0.05, 0.1) is 0 Å². The Labute approximate surface area is 165 Å². The summed E-state index contributed by atoms with van der Waals surface area (Å²) in [5.74, 6) is 0. The molecule has 0 aliphatic carbocycles. The Bertz CT molecular complexity index is 1200. The van der Waals surface area contributed by atoms with Crippen LogP contribution >= 0.6 is 22.9 Å². The summed E-state index contributed by atoms with van der Waals surface area (Å²) in [5, 5.41) is 12.2. The minimum Gasteiger partial charge on any atom is -0.384 e. The molecule has 4 rings (SSSR count). The first-order valence-corrected chi connectivity index (χ1v) is 9.63. The van der Waals surface area contributed by atoms with Gasteiger partial charge in [0.2, 0.25) is 0 Å². The maximum atomic E-state index is 12.4. The van der Waals surface area contributed by atoms with Crippen LogP contribution in [0.4, 0.5) is 0 Å². The molecule has 0 saturated carbocycles. The highest BCUT2D eigenvalue weighted by Gasteiger charge is 2.16. The smallest absolute Gasteiger partial charge is 0.252 e. The lowest BCUT2D eigenvalue weighted by Crippen LogP contribution is -2.17. The fourth-order valence-corrected chi connectivity index (χ4v) is 4.14. The van der Waals surface area contributed by atoms with Crippen molar-refractivity contribution in [1.82, 2.24) is 9.55 Å². The molecule has 27 heavy (non-hydrogen) atoms. The van der Waals surface area contributed by atoms with E-state index < -0.39 is 6.10 Å². The molecule has 0 spiro atoms. The lowest BCUT2D eigenvalue weighted by molar-refractivity contribution is 0.220. The molecule has 6 heteroatoms. The van der Waals surface area contributed by atoms with Gasteiger partial charge in [0.15, 0.2) is 0 Å². The maximum absolute atomic E-state index is 12.4. The zero-order valence-electron chi connectivity index (χ0n) is 14.8. The van der Waals surface area contributed by atoms with Crippen LogP contribution in [-0.4, -0.2) is 14.7 Å². The predicted molar refractivity (Wildman–Crippen MR) is 111 cm³/mol. The molecule has 1 N–H and O–H groups in total. The highest BCUT2D eigenvalue weighted by atomic mass is 35.5. The predicted octanol–water partition coefficient (Wildman–Crippen LogP) is 4.71. The van der Waals surface area contributed by atoms with Crippen LogP contribution < -0.4 is 5.56 Å². The molecular weight excluding hydrogens is 380 g/mol. The van der Waals surface area contributed by atoms with Crippen molar-refractivity contribution in [3.63, 3.8) is 0 Å². The van der Waals surface area contributed by atoms with Crippen molar-refractivity contribution in [2.24, 2.45) is 7.05 Å². The number of pyridine rings is 2. The summed E-state index contributed by atoms with van der Waals surface area (Å²) in [6.07, 6.45) is 0.791. The summed E-state index contributed by atoms with van der Waals surface area (Å²) in [6, 6.07) is 14.7. The van der Waals surface area contributed by atoms with E-state index in [2.05, 4.69) is 4.98 Å². The average Bonchev–Trinajstić information content (AvgIpc) is 3.10. The standard InChI is InChI=1S/C21H17ClN2O2S/c1-12-3-8-18(27-12)16-10-19(25)24(2)21-17(16)9-14(11-23-21)20(26)13-4-6-15(22)7-5-13/h3-11,20,26H,1-2H3. The molecule has 0 aliphatic rings. The van der Waals surface area contributed by atoms with Gasteiger partial charge in [-0.1, -0.05) is 23.7 Å². The lowest BCUT2D eigenvalue weighted by atomic mass is 10.0. The van der Waals surface area contributed by atoms with Crippen molar-refractivity contribution >= 4 is 34.0 Å². The molecule has 0 amide bonds. The molecule has 0 aliphatic heterocycles. The molecular formula is C21H17ClN2O2S. The normalized spacial score (nSPS) is 12.4. The first-order valence-electron chi connectivity index (χ1n) is 8.44. The third-order valence-electron chi connectivity index (χ3n) is 4.60. The van der Waals surface area contributed by atoms with E-state index in [1.54, 1.807) is 54.9 Å². The number of halogens is 1. The molecule has 0 radical (unpaired) electrons. The summed E-state index contributed by atoms with van der Waals surface area (Å²) in [5.41, 5.74) is 2.72. The van der Waals surface area contributed by atoms with E-state index in [-0.39, 0.29) is 5.56 Å². The fraction of sp³-hybridized carbons (Fsp3) is 0.143. The molecule has 1 aromatic carbocycles. The second-order valence-corrected chi connectivity index (χ2v) is 8.18. The molecule has 136 valence electrons. The number of hydrogen-bond donors (Lipinski definition) is 1. The molecule has 4 aromatic rings. The van der Waals surface area contributed by atoms with Crippen LogP contribution in [0.1, 0.15) is 22.1 Å². The minimum absolute atomic E-state index is 0.109. The monoisotopic (exact) mass is 396 g/mol. The first-order chi connectivity index (χ1) is 12.9. The molecule has 0 saturated heterocycles.